The van der Waals surface area contributed by atoms with Crippen LogP contribution in [-0.4, -0.2) is 69.7 Å². The number of carbonyl (C=O) groups excluding carboxylic acids is 1. The molecule has 2 N–H and O–H groups in total. The van der Waals surface area contributed by atoms with Gasteiger partial charge in [0.25, 0.3) is 5.91 Å². The van der Waals surface area contributed by atoms with Crippen LogP contribution in [0.15, 0.2) is 24.4 Å². The lowest BCUT2D eigenvalue weighted by molar-refractivity contribution is 0.0960. The molecule has 2 heterocycles. The highest BCUT2D eigenvalue weighted by Gasteiger charge is 2.32. The first kappa shape index (κ1) is 26.3. The Balaban J connectivity index is 1.67. The summed E-state index contributed by atoms with van der Waals surface area (Å²) in [6.07, 6.45) is 2.76. The second-order valence-corrected chi connectivity index (χ2v) is 9.63. The Morgan fingerprint density at radius 3 is 2.49 bits per heavy atom. The zero-order valence-electron chi connectivity index (χ0n) is 21.2. The summed E-state index contributed by atoms with van der Waals surface area (Å²) >= 11 is 0. The molecule has 0 fully saturated rings. The second kappa shape index (κ2) is 11.0. The van der Waals surface area contributed by atoms with Crippen molar-refractivity contribution in [3.05, 3.63) is 35.7 Å². The fourth-order valence-electron chi connectivity index (χ4n) is 4.38. The maximum absolute atomic E-state index is 13.3. The number of rotatable bonds is 9. The van der Waals surface area contributed by atoms with Crippen LogP contribution in [0.1, 0.15) is 68.6 Å². The number of aryl methyl sites for hydroxylation is 1. The summed E-state index contributed by atoms with van der Waals surface area (Å²) in [5, 5.41) is 24.5. The van der Waals surface area contributed by atoms with Crippen LogP contribution in [0.25, 0.3) is 0 Å². The fraction of sp³-hybridized carbons (Fsp3) is 0.560. The quantitative estimate of drug-likeness (QED) is 0.514. The van der Waals surface area contributed by atoms with Crippen LogP contribution in [0.2, 0.25) is 0 Å². The number of nitrogens with zero attached hydrogens (tertiary/aromatic N) is 4. The minimum atomic E-state index is -0.916. The minimum Gasteiger partial charge on any atom is -0.493 e. The van der Waals surface area contributed by atoms with Crippen molar-refractivity contribution in [2.75, 3.05) is 32.2 Å². The van der Waals surface area contributed by atoms with Crippen molar-refractivity contribution in [3.63, 3.8) is 0 Å². The maximum atomic E-state index is 13.3. The molecule has 0 saturated carbocycles. The number of aliphatic hydroxyl groups is 1. The molecular formula is C25H36N4O6. The highest BCUT2D eigenvalue weighted by atomic mass is 16.5. The SMILES string of the molecule is COc1ccc(C(=O)N2CCC(O)c3c2cnn3CCCCCN(C(=O)O)C(C)(C)C)cc1OC. The molecule has 1 aliphatic rings. The van der Waals surface area contributed by atoms with Crippen molar-refractivity contribution in [1.82, 2.24) is 14.7 Å². The van der Waals surface area contributed by atoms with E-state index >= 15 is 0 Å². The number of hydrogen-bond donors (Lipinski definition) is 2. The number of benzene rings is 1. The van der Waals surface area contributed by atoms with Gasteiger partial charge >= 0.3 is 6.09 Å². The number of hydrogen-bond acceptors (Lipinski definition) is 6. The second-order valence-electron chi connectivity index (χ2n) is 9.63. The van der Waals surface area contributed by atoms with E-state index < -0.39 is 17.7 Å². The number of methoxy groups -OCH3 is 2. The van der Waals surface area contributed by atoms with E-state index in [2.05, 4.69) is 5.10 Å². The van der Waals surface area contributed by atoms with Gasteiger partial charge < -0.3 is 29.5 Å². The number of carboxylic acid groups (broad SMARTS) is 1. The van der Waals surface area contributed by atoms with Gasteiger partial charge in [0.1, 0.15) is 0 Å². The van der Waals surface area contributed by atoms with Gasteiger partial charge in [0.15, 0.2) is 11.5 Å². The van der Waals surface area contributed by atoms with Crippen molar-refractivity contribution in [3.8, 4) is 11.5 Å². The first-order valence-electron chi connectivity index (χ1n) is 11.9. The van der Waals surface area contributed by atoms with E-state index in [4.69, 9.17) is 9.47 Å². The van der Waals surface area contributed by atoms with Crippen molar-refractivity contribution in [2.24, 2.45) is 0 Å². The number of fused-ring (bicyclic) bond motifs is 1. The van der Waals surface area contributed by atoms with Crippen LogP contribution >= 0.6 is 0 Å². The molecule has 10 nitrogen and oxygen atoms in total. The van der Waals surface area contributed by atoms with Crippen LogP contribution in [0.5, 0.6) is 11.5 Å². The lowest BCUT2D eigenvalue weighted by Gasteiger charge is -2.33. The normalized spacial score (nSPS) is 15.5. The molecule has 192 valence electrons. The number of anilines is 1. The number of amides is 2. The third kappa shape index (κ3) is 5.87. The van der Waals surface area contributed by atoms with E-state index in [1.54, 1.807) is 41.1 Å². The monoisotopic (exact) mass is 488 g/mol. The van der Waals surface area contributed by atoms with Crippen molar-refractivity contribution in [2.45, 2.75) is 64.6 Å². The van der Waals surface area contributed by atoms with E-state index in [0.717, 1.165) is 19.3 Å². The Hall–Kier alpha value is -3.27. The third-order valence-corrected chi connectivity index (χ3v) is 6.26. The maximum Gasteiger partial charge on any atom is 0.407 e. The van der Waals surface area contributed by atoms with Crippen LogP contribution in [0.3, 0.4) is 0 Å². The highest BCUT2D eigenvalue weighted by molar-refractivity contribution is 6.07. The van der Waals surface area contributed by atoms with Gasteiger partial charge in [-0.3, -0.25) is 9.48 Å². The number of carbonyl (C=O) groups is 2. The van der Waals surface area contributed by atoms with Crippen LogP contribution in [0.4, 0.5) is 10.5 Å². The van der Waals surface area contributed by atoms with E-state index in [0.29, 0.717) is 54.5 Å². The summed E-state index contributed by atoms with van der Waals surface area (Å²) in [5.74, 6) is 0.814. The van der Waals surface area contributed by atoms with Gasteiger partial charge in [-0.05, 0) is 64.7 Å². The zero-order chi connectivity index (χ0) is 25.8. The zero-order valence-corrected chi connectivity index (χ0v) is 21.2. The fourth-order valence-corrected chi connectivity index (χ4v) is 4.38. The first-order valence-corrected chi connectivity index (χ1v) is 11.9. The topological polar surface area (TPSA) is 117 Å². The molecule has 0 bridgehead atoms. The molecular weight excluding hydrogens is 452 g/mol. The lowest BCUT2D eigenvalue weighted by Crippen LogP contribution is -2.45. The Morgan fingerprint density at radius 1 is 1.14 bits per heavy atom. The standard InChI is InChI=1S/C25H36N4O6/c1-25(2,3)28(24(32)33)12-7-6-8-13-29-22-18(16-26-29)27(14-11-19(22)30)23(31)17-9-10-20(34-4)21(15-17)35-5/h9-10,15-16,19,30H,6-8,11-14H2,1-5H3,(H,32,33). The summed E-state index contributed by atoms with van der Waals surface area (Å²) in [7, 11) is 3.06. The predicted molar refractivity (Wildman–Crippen MR) is 131 cm³/mol. The molecule has 1 aliphatic heterocycles. The van der Waals surface area contributed by atoms with Crippen molar-refractivity contribution >= 4 is 17.7 Å². The van der Waals surface area contributed by atoms with E-state index in [-0.39, 0.29) is 5.91 Å². The van der Waals surface area contributed by atoms with Crippen molar-refractivity contribution in [1.29, 1.82) is 0 Å². The predicted octanol–water partition coefficient (Wildman–Crippen LogP) is 3.93. The molecule has 0 radical (unpaired) electrons. The highest BCUT2D eigenvalue weighted by Crippen LogP contribution is 2.36. The average molecular weight is 489 g/mol. The summed E-state index contributed by atoms with van der Waals surface area (Å²) < 4.78 is 12.3. The number of ether oxygens (including phenoxy) is 2. The number of aromatic nitrogens is 2. The van der Waals surface area contributed by atoms with Gasteiger partial charge in [-0.15, -0.1) is 0 Å². The Labute approximate surface area is 206 Å². The molecule has 0 aliphatic carbocycles. The largest absolute Gasteiger partial charge is 0.493 e. The molecule has 1 unspecified atom stereocenters. The summed E-state index contributed by atoms with van der Waals surface area (Å²) in [4.78, 5) is 27.9. The van der Waals surface area contributed by atoms with Gasteiger partial charge in [0.05, 0.1) is 37.9 Å². The van der Waals surface area contributed by atoms with Gasteiger partial charge in [-0.25, -0.2) is 4.79 Å². The van der Waals surface area contributed by atoms with Gasteiger partial charge in [0.2, 0.25) is 0 Å². The molecule has 0 saturated heterocycles. The van der Waals surface area contributed by atoms with Crippen LogP contribution < -0.4 is 14.4 Å². The van der Waals surface area contributed by atoms with Gasteiger partial charge in [0, 0.05) is 30.7 Å². The average Bonchev–Trinajstić information content (AvgIpc) is 3.24. The third-order valence-electron chi connectivity index (χ3n) is 6.26. The Morgan fingerprint density at radius 2 is 1.86 bits per heavy atom. The first-order chi connectivity index (χ1) is 16.6. The molecule has 10 heteroatoms. The molecule has 2 aromatic rings. The molecule has 1 atom stereocenters. The van der Waals surface area contributed by atoms with E-state index in [1.165, 1.54) is 12.0 Å². The summed E-state index contributed by atoms with van der Waals surface area (Å²) in [6, 6.07) is 5.03. The smallest absolute Gasteiger partial charge is 0.407 e. The van der Waals surface area contributed by atoms with E-state index in [9.17, 15) is 19.8 Å². The molecule has 1 aromatic heterocycles. The molecule has 2 amide bonds. The minimum absolute atomic E-state index is 0.199. The Kier molecular flexibility index (Phi) is 8.26. The summed E-state index contributed by atoms with van der Waals surface area (Å²) in [6.45, 7) is 7.07. The Bertz CT molecular complexity index is 1050. The van der Waals surface area contributed by atoms with Gasteiger partial charge in [-0.2, -0.15) is 5.10 Å². The molecule has 1 aromatic carbocycles. The van der Waals surface area contributed by atoms with E-state index in [1.807, 2.05) is 20.8 Å². The lowest BCUT2D eigenvalue weighted by atomic mass is 10.0. The van der Waals surface area contributed by atoms with Crippen molar-refractivity contribution < 1.29 is 29.3 Å². The van der Waals surface area contributed by atoms with Crippen LogP contribution in [-0.2, 0) is 6.54 Å². The molecule has 0 spiro atoms. The van der Waals surface area contributed by atoms with Crippen LogP contribution in [0, 0.1) is 0 Å². The number of aliphatic hydroxyl groups excluding tert-OH is 1. The number of unbranched alkanes of at least 4 members (excludes halogenated alkanes) is 2. The molecule has 35 heavy (non-hydrogen) atoms. The van der Waals surface area contributed by atoms with Gasteiger partial charge in [-0.1, -0.05) is 0 Å². The molecule has 3 rings (SSSR count). The summed E-state index contributed by atoms with van der Waals surface area (Å²) in [5.41, 5.74) is 1.25.